The summed E-state index contributed by atoms with van der Waals surface area (Å²) in [7, 11) is 4.05. The molecule has 0 saturated carbocycles. The van der Waals surface area contributed by atoms with E-state index in [9.17, 15) is 4.79 Å². The van der Waals surface area contributed by atoms with E-state index in [-0.39, 0.29) is 24.2 Å². The number of aromatic nitrogens is 1. The minimum Gasteiger partial charge on any atom is -0.308 e. The van der Waals surface area contributed by atoms with Crippen LogP contribution in [-0.2, 0) is 4.79 Å². The maximum absolute atomic E-state index is 14.1. The summed E-state index contributed by atoms with van der Waals surface area (Å²) in [5.41, 5.74) is 5.39. The quantitative estimate of drug-likeness (QED) is 0.323. The fraction of sp³-hybridized carbons (Fsp3) is 0.259. The molecule has 6 heteroatoms. The van der Waals surface area contributed by atoms with Gasteiger partial charge in [-0.3, -0.25) is 9.69 Å². The molecule has 3 aromatic carbocycles. The van der Waals surface area contributed by atoms with E-state index in [1.54, 1.807) is 11.3 Å². The number of amides is 1. The molecule has 1 aromatic heterocycles. The van der Waals surface area contributed by atoms with Gasteiger partial charge in [0, 0.05) is 13.1 Å². The molecular formula is C27H30ClN3OS. The number of thiazole rings is 1. The highest BCUT2D eigenvalue weighted by atomic mass is 35.5. The first-order valence-corrected chi connectivity index (χ1v) is 11.7. The first-order valence-electron chi connectivity index (χ1n) is 10.9. The van der Waals surface area contributed by atoms with Gasteiger partial charge in [0.25, 0.3) is 0 Å². The van der Waals surface area contributed by atoms with E-state index in [1.807, 2.05) is 79.7 Å². The van der Waals surface area contributed by atoms with Gasteiger partial charge in [-0.2, -0.15) is 0 Å². The van der Waals surface area contributed by atoms with Crippen LogP contribution in [0.2, 0.25) is 0 Å². The lowest BCUT2D eigenvalue weighted by molar-refractivity contribution is -0.119. The number of fused-ring (bicyclic) bond motifs is 1. The lowest BCUT2D eigenvalue weighted by Crippen LogP contribution is -2.40. The standard InChI is InChI=1S/C27H29N3OS.ClH/c1-19-17-23-24(18-20(19)2)32-27(28-23)30(16-15-29(3)4)26(31)25(21-11-7-5-8-12-21)22-13-9-6-10-14-22;/h5-14,17-18,25H,15-16H2,1-4H3;1H. The van der Waals surface area contributed by atoms with Crippen molar-refractivity contribution in [1.29, 1.82) is 0 Å². The van der Waals surface area contributed by atoms with Crippen molar-refractivity contribution in [3.63, 3.8) is 0 Å². The summed E-state index contributed by atoms with van der Waals surface area (Å²) in [4.78, 5) is 23.0. The summed E-state index contributed by atoms with van der Waals surface area (Å²) in [6.07, 6.45) is 0. The zero-order valence-electron chi connectivity index (χ0n) is 19.5. The number of carbonyl (C=O) groups excluding carboxylic acids is 1. The van der Waals surface area contributed by atoms with Crippen LogP contribution in [-0.4, -0.2) is 43.0 Å². The molecule has 4 aromatic rings. The lowest BCUT2D eigenvalue weighted by atomic mass is 9.90. The van der Waals surface area contributed by atoms with Gasteiger partial charge >= 0.3 is 0 Å². The van der Waals surface area contributed by atoms with Crippen molar-refractivity contribution in [3.8, 4) is 0 Å². The molecule has 0 unspecified atom stereocenters. The smallest absolute Gasteiger partial charge is 0.240 e. The number of nitrogens with zero attached hydrogens (tertiary/aromatic N) is 3. The Morgan fingerprint density at radius 3 is 1.97 bits per heavy atom. The predicted molar refractivity (Wildman–Crippen MR) is 142 cm³/mol. The maximum Gasteiger partial charge on any atom is 0.240 e. The third-order valence-electron chi connectivity index (χ3n) is 5.77. The molecule has 4 nitrogen and oxygen atoms in total. The van der Waals surface area contributed by atoms with Gasteiger partial charge < -0.3 is 4.90 Å². The van der Waals surface area contributed by atoms with Crippen LogP contribution in [0.4, 0.5) is 5.13 Å². The number of hydrogen-bond donors (Lipinski definition) is 0. The van der Waals surface area contributed by atoms with Crippen LogP contribution in [0.25, 0.3) is 10.2 Å². The number of anilines is 1. The van der Waals surface area contributed by atoms with Crippen LogP contribution in [0.5, 0.6) is 0 Å². The third kappa shape index (κ3) is 5.61. The predicted octanol–water partition coefficient (Wildman–Crippen LogP) is 6.06. The van der Waals surface area contributed by atoms with Crippen molar-refractivity contribution in [2.24, 2.45) is 0 Å². The third-order valence-corrected chi connectivity index (χ3v) is 6.81. The Bertz CT molecular complexity index is 1130. The average Bonchev–Trinajstić information content (AvgIpc) is 3.18. The number of halogens is 1. The van der Waals surface area contributed by atoms with E-state index in [4.69, 9.17) is 4.98 Å². The molecule has 0 atom stereocenters. The van der Waals surface area contributed by atoms with Crippen molar-refractivity contribution in [3.05, 3.63) is 95.1 Å². The molecule has 0 radical (unpaired) electrons. The highest BCUT2D eigenvalue weighted by molar-refractivity contribution is 7.22. The summed E-state index contributed by atoms with van der Waals surface area (Å²) >= 11 is 1.59. The van der Waals surface area contributed by atoms with Gasteiger partial charge in [0.1, 0.15) is 0 Å². The minimum absolute atomic E-state index is 0. The van der Waals surface area contributed by atoms with Gasteiger partial charge in [-0.05, 0) is 62.3 Å². The van der Waals surface area contributed by atoms with Gasteiger partial charge in [-0.25, -0.2) is 4.98 Å². The summed E-state index contributed by atoms with van der Waals surface area (Å²) in [6, 6.07) is 24.4. The lowest BCUT2D eigenvalue weighted by Gasteiger charge is -2.27. The Morgan fingerprint density at radius 2 is 1.42 bits per heavy atom. The molecule has 33 heavy (non-hydrogen) atoms. The summed E-state index contributed by atoms with van der Waals surface area (Å²) in [5, 5.41) is 0.758. The molecule has 1 amide bonds. The Kier molecular flexibility index (Phi) is 8.25. The number of benzene rings is 3. The van der Waals surface area contributed by atoms with Crippen LogP contribution in [0.15, 0.2) is 72.8 Å². The first kappa shape index (κ1) is 24.9. The van der Waals surface area contributed by atoms with Crippen LogP contribution in [0, 0.1) is 13.8 Å². The normalized spacial score (nSPS) is 11.1. The van der Waals surface area contributed by atoms with Crippen LogP contribution >= 0.6 is 23.7 Å². The molecule has 0 fully saturated rings. The fourth-order valence-electron chi connectivity index (χ4n) is 3.81. The van der Waals surface area contributed by atoms with E-state index in [0.29, 0.717) is 6.54 Å². The van der Waals surface area contributed by atoms with Crippen LogP contribution < -0.4 is 4.90 Å². The highest BCUT2D eigenvalue weighted by Crippen LogP contribution is 2.34. The Hall–Kier alpha value is -2.73. The molecule has 0 aliphatic rings. The number of likely N-dealkylation sites (N-methyl/N-ethyl adjacent to an activating group) is 1. The molecule has 1 heterocycles. The maximum atomic E-state index is 14.1. The Labute approximate surface area is 206 Å². The second-order valence-electron chi connectivity index (χ2n) is 8.45. The second-order valence-corrected chi connectivity index (χ2v) is 9.46. The number of hydrogen-bond acceptors (Lipinski definition) is 4. The van der Waals surface area contributed by atoms with Crippen molar-refractivity contribution < 1.29 is 4.79 Å². The topological polar surface area (TPSA) is 36.4 Å². The molecule has 0 bridgehead atoms. The molecular weight excluding hydrogens is 450 g/mol. The molecule has 0 saturated heterocycles. The van der Waals surface area contributed by atoms with Crippen LogP contribution in [0.1, 0.15) is 28.2 Å². The van der Waals surface area contributed by atoms with Gasteiger partial charge in [0.2, 0.25) is 5.91 Å². The van der Waals surface area contributed by atoms with Crippen molar-refractivity contribution in [2.45, 2.75) is 19.8 Å². The van der Waals surface area contributed by atoms with Crippen molar-refractivity contribution >= 4 is 45.0 Å². The number of aryl methyl sites for hydroxylation is 2. The minimum atomic E-state index is -0.380. The Morgan fingerprint density at radius 1 is 0.879 bits per heavy atom. The average molecular weight is 480 g/mol. The number of rotatable bonds is 7. The summed E-state index contributed by atoms with van der Waals surface area (Å²) in [5.74, 6) is -0.327. The van der Waals surface area contributed by atoms with E-state index in [1.165, 1.54) is 11.1 Å². The fourth-order valence-corrected chi connectivity index (χ4v) is 4.88. The van der Waals surface area contributed by atoms with Crippen molar-refractivity contribution in [1.82, 2.24) is 9.88 Å². The zero-order valence-corrected chi connectivity index (χ0v) is 21.1. The number of carbonyl (C=O) groups is 1. The van der Waals surface area contributed by atoms with Crippen LogP contribution in [0.3, 0.4) is 0 Å². The van der Waals surface area contributed by atoms with Gasteiger partial charge in [0.15, 0.2) is 5.13 Å². The molecule has 0 spiro atoms. The summed E-state index contributed by atoms with van der Waals surface area (Å²) in [6.45, 7) is 5.56. The second kappa shape index (κ2) is 10.9. The first-order chi connectivity index (χ1) is 15.4. The summed E-state index contributed by atoms with van der Waals surface area (Å²) < 4.78 is 1.11. The molecule has 0 aliphatic carbocycles. The van der Waals surface area contributed by atoms with E-state index >= 15 is 0 Å². The van der Waals surface area contributed by atoms with Gasteiger partial charge in [-0.15, -0.1) is 12.4 Å². The molecule has 0 aliphatic heterocycles. The van der Waals surface area contributed by atoms with E-state index < -0.39 is 0 Å². The highest BCUT2D eigenvalue weighted by Gasteiger charge is 2.30. The van der Waals surface area contributed by atoms with Gasteiger partial charge in [0.05, 0.1) is 16.1 Å². The molecule has 172 valence electrons. The van der Waals surface area contributed by atoms with Gasteiger partial charge in [-0.1, -0.05) is 72.0 Å². The Balaban J connectivity index is 0.00000306. The monoisotopic (exact) mass is 479 g/mol. The van der Waals surface area contributed by atoms with Crippen molar-refractivity contribution in [2.75, 3.05) is 32.1 Å². The molecule has 0 N–H and O–H groups in total. The SMILES string of the molecule is Cc1cc2nc(N(CCN(C)C)C(=O)C(c3ccccc3)c3ccccc3)sc2cc1C.Cl. The molecule has 4 rings (SSSR count). The van der Waals surface area contributed by atoms with E-state index in [0.717, 1.165) is 33.0 Å². The largest absolute Gasteiger partial charge is 0.308 e. The van der Waals surface area contributed by atoms with E-state index in [2.05, 4.69) is 30.9 Å². The zero-order chi connectivity index (χ0) is 22.7.